The first kappa shape index (κ1) is 18.2. The fraction of sp³-hybridized carbons (Fsp3) is 0.500. The van der Waals surface area contributed by atoms with E-state index in [-0.39, 0.29) is 43.3 Å². The van der Waals surface area contributed by atoms with Gasteiger partial charge in [0.1, 0.15) is 0 Å². The van der Waals surface area contributed by atoms with Crippen molar-refractivity contribution in [1.82, 2.24) is 24.9 Å². The number of nitrogens with zero attached hydrogens (tertiary/aromatic N) is 4. The second-order valence-corrected chi connectivity index (χ2v) is 4.07. The molecule has 2 aromatic heterocycles. The molecule has 3 N–H and O–H groups in total. The summed E-state index contributed by atoms with van der Waals surface area (Å²) in [5.74, 6) is 1.36. The van der Waals surface area contributed by atoms with E-state index in [1.165, 1.54) is 12.8 Å². The van der Waals surface area contributed by atoms with Crippen molar-refractivity contribution in [3.05, 3.63) is 18.2 Å². The van der Waals surface area contributed by atoms with E-state index in [2.05, 4.69) is 20.5 Å². The number of piperidine rings is 1. The summed E-state index contributed by atoms with van der Waals surface area (Å²) in [6.07, 6.45) is 7.10. The second kappa shape index (κ2) is 7.69. The number of hydrogen-bond acceptors (Lipinski definition) is 5. The minimum Gasteiger partial charge on any atom is -0.381 e. The molecule has 1 unspecified atom stereocenters. The van der Waals surface area contributed by atoms with Crippen LogP contribution in [0.3, 0.4) is 0 Å². The first-order chi connectivity index (χ1) is 7.86. The van der Waals surface area contributed by atoms with Crippen LogP contribution in [0.25, 0.3) is 5.65 Å². The van der Waals surface area contributed by atoms with Gasteiger partial charge < -0.3 is 11.1 Å². The summed E-state index contributed by atoms with van der Waals surface area (Å²) < 4.78 is 1.92. The summed E-state index contributed by atoms with van der Waals surface area (Å²) in [5, 5.41) is 11.7. The van der Waals surface area contributed by atoms with Crippen LogP contribution >= 0.6 is 37.2 Å². The van der Waals surface area contributed by atoms with Crippen LogP contribution in [0.4, 0.5) is 5.82 Å². The number of anilines is 1. The molecule has 0 saturated carbocycles. The number of hydrogen-bond donors (Lipinski definition) is 2. The zero-order valence-electron chi connectivity index (χ0n) is 10.2. The average Bonchev–Trinajstić information content (AvgIpc) is 2.75. The number of fused-ring (bicyclic) bond motifs is 1. The van der Waals surface area contributed by atoms with E-state index in [0.717, 1.165) is 18.8 Å². The average molecular weight is 328 g/mol. The summed E-state index contributed by atoms with van der Waals surface area (Å²) in [4.78, 5) is 4.00. The van der Waals surface area contributed by atoms with Crippen LogP contribution in [0.1, 0.15) is 31.1 Å². The molecule has 3 heterocycles. The lowest BCUT2D eigenvalue weighted by atomic mass is 10.0. The van der Waals surface area contributed by atoms with Crippen LogP contribution in [0.15, 0.2) is 12.4 Å². The number of aromatic nitrogens is 4. The van der Waals surface area contributed by atoms with Gasteiger partial charge >= 0.3 is 0 Å². The molecule has 0 aromatic carbocycles. The minimum absolute atomic E-state index is 0. The van der Waals surface area contributed by atoms with Crippen molar-refractivity contribution < 1.29 is 0 Å². The molecule has 108 valence electrons. The summed E-state index contributed by atoms with van der Waals surface area (Å²) in [6.45, 7) is 1.04. The van der Waals surface area contributed by atoms with Crippen molar-refractivity contribution in [1.29, 1.82) is 0 Å². The summed E-state index contributed by atoms with van der Waals surface area (Å²) >= 11 is 0. The maximum Gasteiger partial charge on any atom is 0.203 e. The number of rotatable bonds is 1. The predicted octanol–water partition coefficient (Wildman–Crippen LogP) is 1.79. The lowest BCUT2D eigenvalue weighted by molar-refractivity contribution is 0.395. The van der Waals surface area contributed by atoms with Crippen LogP contribution < -0.4 is 11.1 Å². The molecule has 1 aliphatic heterocycles. The molecule has 0 amide bonds. The van der Waals surface area contributed by atoms with Crippen molar-refractivity contribution in [2.24, 2.45) is 0 Å². The quantitative estimate of drug-likeness (QED) is 0.834. The first-order valence-corrected chi connectivity index (χ1v) is 5.55. The van der Waals surface area contributed by atoms with Gasteiger partial charge in [0.2, 0.25) is 5.65 Å². The van der Waals surface area contributed by atoms with Gasteiger partial charge in [0.25, 0.3) is 0 Å². The summed E-state index contributed by atoms with van der Waals surface area (Å²) in [6, 6.07) is 0.283. The molecule has 3 rings (SSSR count). The Morgan fingerprint density at radius 1 is 1.21 bits per heavy atom. The molecule has 6 nitrogen and oxygen atoms in total. The van der Waals surface area contributed by atoms with Crippen LogP contribution in [-0.4, -0.2) is 26.1 Å². The Balaban J connectivity index is 0.00000108. The Labute approximate surface area is 129 Å². The highest BCUT2D eigenvalue weighted by Gasteiger charge is 2.20. The SMILES string of the molecule is Cl.Cl.Cl.Nc1nccn2c(C3CCCCN3)nnc12. The number of nitrogens with one attached hydrogen (secondary N) is 1. The topological polar surface area (TPSA) is 81.1 Å². The van der Waals surface area contributed by atoms with Gasteiger partial charge in [0.15, 0.2) is 11.6 Å². The molecule has 1 aliphatic rings. The molecule has 0 spiro atoms. The highest BCUT2D eigenvalue weighted by molar-refractivity contribution is 5.86. The van der Waals surface area contributed by atoms with E-state index >= 15 is 0 Å². The Morgan fingerprint density at radius 2 is 2.00 bits per heavy atom. The monoisotopic (exact) mass is 326 g/mol. The van der Waals surface area contributed by atoms with Crippen molar-refractivity contribution >= 4 is 48.7 Å². The Hall–Kier alpha value is -0.820. The molecule has 0 radical (unpaired) electrons. The molecule has 1 saturated heterocycles. The lowest BCUT2D eigenvalue weighted by Gasteiger charge is -2.21. The zero-order valence-corrected chi connectivity index (χ0v) is 12.6. The largest absolute Gasteiger partial charge is 0.381 e. The standard InChI is InChI=1S/C10H14N6.3ClH/c11-8-10-15-14-9(16(10)6-5-13-8)7-3-1-2-4-12-7;;;/h5-7,12H,1-4H2,(H2,11,13);3*1H. The molecule has 1 fully saturated rings. The van der Waals surface area contributed by atoms with E-state index < -0.39 is 0 Å². The fourth-order valence-corrected chi connectivity index (χ4v) is 2.17. The molecule has 9 heteroatoms. The van der Waals surface area contributed by atoms with Crippen LogP contribution in [0.2, 0.25) is 0 Å². The third kappa shape index (κ3) is 3.39. The van der Waals surface area contributed by atoms with Crippen LogP contribution in [0.5, 0.6) is 0 Å². The summed E-state index contributed by atoms with van der Waals surface area (Å²) in [7, 11) is 0. The molecule has 0 aliphatic carbocycles. The van der Waals surface area contributed by atoms with Gasteiger partial charge in [-0.25, -0.2) is 4.98 Å². The van der Waals surface area contributed by atoms with Gasteiger partial charge in [-0.1, -0.05) is 6.42 Å². The molecule has 19 heavy (non-hydrogen) atoms. The molecule has 1 atom stereocenters. The highest BCUT2D eigenvalue weighted by Crippen LogP contribution is 2.22. The van der Waals surface area contributed by atoms with E-state index in [4.69, 9.17) is 5.73 Å². The van der Waals surface area contributed by atoms with E-state index in [9.17, 15) is 0 Å². The van der Waals surface area contributed by atoms with Gasteiger partial charge in [-0.2, -0.15) is 0 Å². The van der Waals surface area contributed by atoms with Gasteiger partial charge in [0, 0.05) is 12.4 Å². The Bertz CT molecular complexity index is 511. The molecular formula is C10H17Cl3N6. The third-order valence-electron chi connectivity index (χ3n) is 3.00. The number of nitrogen functional groups attached to an aromatic ring is 1. The highest BCUT2D eigenvalue weighted by atomic mass is 35.5. The normalized spacial score (nSPS) is 18.0. The predicted molar refractivity (Wildman–Crippen MR) is 81.5 cm³/mol. The number of halogens is 3. The van der Waals surface area contributed by atoms with Gasteiger partial charge in [-0.3, -0.25) is 4.40 Å². The van der Waals surface area contributed by atoms with E-state index in [0.29, 0.717) is 11.5 Å². The maximum atomic E-state index is 5.74. The van der Waals surface area contributed by atoms with Gasteiger partial charge in [0.05, 0.1) is 6.04 Å². The van der Waals surface area contributed by atoms with Gasteiger partial charge in [-0.05, 0) is 19.4 Å². The fourth-order valence-electron chi connectivity index (χ4n) is 2.17. The van der Waals surface area contributed by atoms with Crippen molar-refractivity contribution in [3.63, 3.8) is 0 Å². The van der Waals surface area contributed by atoms with Crippen LogP contribution in [0, 0.1) is 0 Å². The molecular weight excluding hydrogens is 311 g/mol. The number of nitrogens with two attached hydrogens (primary N) is 1. The maximum absolute atomic E-state index is 5.74. The van der Waals surface area contributed by atoms with Crippen molar-refractivity contribution in [3.8, 4) is 0 Å². The Morgan fingerprint density at radius 3 is 2.68 bits per heavy atom. The second-order valence-electron chi connectivity index (χ2n) is 4.07. The van der Waals surface area contributed by atoms with E-state index in [1.807, 2.05) is 10.6 Å². The lowest BCUT2D eigenvalue weighted by Crippen LogP contribution is -2.28. The van der Waals surface area contributed by atoms with Crippen molar-refractivity contribution in [2.75, 3.05) is 12.3 Å². The molecule has 2 aromatic rings. The van der Waals surface area contributed by atoms with Gasteiger partial charge in [-0.15, -0.1) is 47.4 Å². The Kier molecular flexibility index (Phi) is 7.36. The zero-order chi connectivity index (χ0) is 11.0. The van der Waals surface area contributed by atoms with Crippen molar-refractivity contribution in [2.45, 2.75) is 25.3 Å². The van der Waals surface area contributed by atoms with Crippen LogP contribution in [-0.2, 0) is 0 Å². The smallest absolute Gasteiger partial charge is 0.203 e. The third-order valence-corrected chi connectivity index (χ3v) is 3.00. The minimum atomic E-state index is 0. The first-order valence-electron chi connectivity index (χ1n) is 5.55. The molecule has 0 bridgehead atoms. The van der Waals surface area contributed by atoms with E-state index in [1.54, 1.807) is 6.20 Å². The summed E-state index contributed by atoms with van der Waals surface area (Å²) in [5.41, 5.74) is 6.39.